The summed E-state index contributed by atoms with van der Waals surface area (Å²) in [4.78, 5) is 22.7. The van der Waals surface area contributed by atoms with Gasteiger partial charge in [0.1, 0.15) is 11.6 Å². The van der Waals surface area contributed by atoms with Gasteiger partial charge in [-0.05, 0) is 24.4 Å². The predicted octanol–water partition coefficient (Wildman–Crippen LogP) is 1.45. The van der Waals surface area contributed by atoms with Gasteiger partial charge in [-0.1, -0.05) is 6.08 Å². The Bertz CT molecular complexity index is 804. The normalized spacial score (nSPS) is 19.0. The minimum Gasteiger partial charge on any atom is -0.378 e. The monoisotopic (exact) mass is 401 g/mol. The summed E-state index contributed by atoms with van der Waals surface area (Å²) in [6, 6.07) is 1.82. The lowest BCUT2D eigenvalue weighted by Gasteiger charge is -2.28. The van der Waals surface area contributed by atoms with Gasteiger partial charge in [0.05, 0.1) is 25.3 Å². The van der Waals surface area contributed by atoms with Crippen LogP contribution in [0.2, 0.25) is 5.28 Å². The molecule has 2 fully saturated rings. The number of rotatable bonds is 7. The summed E-state index contributed by atoms with van der Waals surface area (Å²) in [5, 5.41) is 0.0999. The first-order valence-electron chi connectivity index (χ1n) is 8.27. The van der Waals surface area contributed by atoms with Crippen molar-refractivity contribution in [2.24, 2.45) is 0 Å². The van der Waals surface area contributed by atoms with Crippen LogP contribution in [0.25, 0.3) is 0 Å². The van der Waals surface area contributed by atoms with Crippen LogP contribution in [0.3, 0.4) is 0 Å². The molecule has 1 aliphatic carbocycles. The molecular formula is C16H20ClN3O5S. The second kappa shape index (κ2) is 7.50. The van der Waals surface area contributed by atoms with Gasteiger partial charge in [0, 0.05) is 24.6 Å². The summed E-state index contributed by atoms with van der Waals surface area (Å²) in [7, 11) is -3.94. The van der Waals surface area contributed by atoms with Crippen molar-refractivity contribution in [3.05, 3.63) is 29.7 Å². The maximum atomic E-state index is 12.1. The highest BCUT2D eigenvalue weighted by Gasteiger charge is 2.48. The molecule has 0 N–H and O–H groups in total. The first kappa shape index (κ1) is 19.1. The quantitative estimate of drug-likeness (QED) is 0.384. The zero-order valence-electron chi connectivity index (χ0n) is 14.2. The zero-order chi connectivity index (χ0) is 18.8. The van der Waals surface area contributed by atoms with Crippen LogP contribution in [-0.2, 0) is 29.2 Å². The van der Waals surface area contributed by atoms with E-state index < -0.39 is 27.3 Å². The average molecular weight is 402 g/mol. The van der Waals surface area contributed by atoms with E-state index in [1.165, 1.54) is 6.08 Å². The zero-order valence-corrected chi connectivity index (χ0v) is 15.8. The molecule has 1 saturated carbocycles. The lowest BCUT2D eigenvalue weighted by Crippen LogP contribution is -2.37. The number of hydrogen-bond acceptors (Lipinski definition) is 8. The number of hydrogen-bond donors (Lipinski definition) is 0. The molecule has 1 saturated heterocycles. The Kier molecular flexibility index (Phi) is 5.50. The molecule has 1 aromatic heterocycles. The van der Waals surface area contributed by atoms with Crippen LogP contribution in [0, 0.1) is 0 Å². The van der Waals surface area contributed by atoms with Gasteiger partial charge in [0.2, 0.25) is 5.28 Å². The summed E-state index contributed by atoms with van der Waals surface area (Å²) < 4.78 is 33.2. The lowest BCUT2D eigenvalue weighted by molar-refractivity contribution is -0.134. The molecular weight excluding hydrogens is 382 g/mol. The summed E-state index contributed by atoms with van der Waals surface area (Å²) in [6.07, 6.45) is 2.52. The summed E-state index contributed by atoms with van der Waals surface area (Å²) in [5.74, 6) is -0.527. The van der Waals surface area contributed by atoms with Crippen LogP contribution < -0.4 is 4.90 Å². The Balaban J connectivity index is 1.76. The molecule has 8 nitrogen and oxygen atoms in total. The number of carbonyl (C=O) groups is 1. The second-order valence-corrected chi connectivity index (χ2v) is 8.36. The first-order chi connectivity index (χ1) is 12.3. The smallest absolute Gasteiger partial charge is 0.323 e. The fraction of sp³-hybridized carbons (Fsp3) is 0.562. The lowest BCUT2D eigenvalue weighted by atomic mass is 9.98. The molecule has 26 heavy (non-hydrogen) atoms. The third-order valence-corrected chi connectivity index (χ3v) is 5.69. The van der Waals surface area contributed by atoms with E-state index in [-0.39, 0.29) is 11.7 Å². The van der Waals surface area contributed by atoms with Crippen molar-refractivity contribution in [3.8, 4) is 0 Å². The van der Waals surface area contributed by atoms with E-state index in [0.717, 1.165) is 0 Å². The molecule has 0 unspecified atom stereocenters. The van der Waals surface area contributed by atoms with Crippen LogP contribution in [0.4, 0.5) is 5.82 Å². The topological polar surface area (TPSA) is 98.7 Å². The molecule has 2 heterocycles. The molecule has 10 heteroatoms. The highest BCUT2D eigenvalue weighted by Crippen LogP contribution is 2.51. The standard InChI is InChI=1S/C16H20ClN3O5S/c1-2-9-26(22,23)25-14(21)11-16(3-4-16)12-10-13(19-15(17)18-12)20-5-7-24-8-6-20/h2,10H,1,3-9,11H2. The Morgan fingerprint density at radius 1 is 1.38 bits per heavy atom. The molecule has 2 aliphatic rings. The fourth-order valence-electron chi connectivity index (χ4n) is 2.93. The highest BCUT2D eigenvalue weighted by molar-refractivity contribution is 7.87. The van der Waals surface area contributed by atoms with Crippen molar-refractivity contribution in [3.63, 3.8) is 0 Å². The first-order valence-corrected chi connectivity index (χ1v) is 10.2. The van der Waals surface area contributed by atoms with Crippen LogP contribution in [0.15, 0.2) is 18.7 Å². The van der Waals surface area contributed by atoms with E-state index in [1.807, 2.05) is 11.0 Å². The number of nitrogens with zero attached hydrogens (tertiary/aromatic N) is 3. The van der Waals surface area contributed by atoms with Crippen molar-refractivity contribution in [1.82, 2.24) is 9.97 Å². The van der Waals surface area contributed by atoms with Crippen molar-refractivity contribution in [2.45, 2.75) is 24.7 Å². The van der Waals surface area contributed by atoms with Gasteiger partial charge in [-0.15, -0.1) is 6.58 Å². The van der Waals surface area contributed by atoms with Gasteiger partial charge in [0.25, 0.3) is 0 Å². The molecule has 3 rings (SSSR count). The number of anilines is 1. The molecule has 0 radical (unpaired) electrons. The van der Waals surface area contributed by atoms with E-state index in [9.17, 15) is 13.2 Å². The third kappa shape index (κ3) is 4.52. The van der Waals surface area contributed by atoms with Gasteiger partial charge in [0.15, 0.2) is 0 Å². The largest absolute Gasteiger partial charge is 0.378 e. The average Bonchev–Trinajstić information content (AvgIpc) is 3.35. The van der Waals surface area contributed by atoms with Crippen LogP contribution >= 0.6 is 11.6 Å². The Labute approximate surface area is 157 Å². The fourth-order valence-corrected chi connectivity index (χ4v) is 3.81. The molecule has 0 bridgehead atoms. The Morgan fingerprint density at radius 2 is 2.08 bits per heavy atom. The van der Waals surface area contributed by atoms with Gasteiger partial charge < -0.3 is 13.8 Å². The molecule has 1 aromatic rings. The summed E-state index contributed by atoms with van der Waals surface area (Å²) in [5.41, 5.74) is 0.0889. The third-order valence-electron chi connectivity index (χ3n) is 4.44. The van der Waals surface area contributed by atoms with Crippen LogP contribution in [0.5, 0.6) is 0 Å². The number of morpholine rings is 1. The minimum absolute atomic E-state index is 0.0702. The maximum absolute atomic E-state index is 12.1. The van der Waals surface area contributed by atoms with Crippen LogP contribution in [-0.4, -0.2) is 56.4 Å². The molecule has 0 aromatic carbocycles. The van der Waals surface area contributed by atoms with E-state index in [2.05, 4.69) is 20.7 Å². The molecule has 142 valence electrons. The van der Waals surface area contributed by atoms with E-state index in [1.54, 1.807) is 0 Å². The molecule has 0 spiro atoms. The second-order valence-electron chi connectivity index (χ2n) is 6.41. The molecule has 0 atom stereocenters. The van der Waals surface area contributed by atoms with Crippen molar-refractivity contribution in [2.75, 3.05) is 37.0 Å². The maximum Gasteiger partial charge on any atom is 0.323 e. The highest BCUT2D eigenvalue weighted by atomic mass is 35.5. The van der Waals surface area contributed by atoms with Gasteiger partial charge in [-0.2, -0.15) is 8.42 Å². The predicted molar refractivity (Wildman–Crippen MR) is 95.7 cm³/mol. The Hall–Kier alpha value is -1.71. The van der Waals surface area contributed by atoms with E-state index in [0.29, 0.717) is 50.7 Å². The van der Waals surface area contributed by atoms with Crippen LogP contribution in [0.1, 0.15) is 25.0 Å². The number of ether oxygens (including phenoxy) is 1. The number of halogens is 1. The Morgan fingerprint density at radius 3 is 2.69 bits per heavy atom. The van der Waals surface area contributed by atoms with Gasteiger partial charge in [-0.3, -0.25) is 4.79 Å². The van der Waals surface area contributed by atoms with Crippen molar-refractivity contribution in [1.29, 1.82) is 0 Å². The summed E-state index contributed by atoms with van der Waals surface area (Å²) >= 11 is 6.08. The van der Waals surface area contributed by atoms with Gasteiger partial charge >= 0.3 is 16.1 Å². The molecule has 1 aliphatic heterocycles. The van der Waals surface area contributed by atoms with E-state index >= 15 is 0 Å². The number of carbonyl (C=O) groups excluding carboxylic acids is 1. The van der Waals surface area contributed by atoms with Gasteiger partial charge in [-0.25, -0.2) is 9.97 Å². The summed E-state index contributed by atoms with van der Waals surface area (Å²) in [6.45, 7) is 5.94. The van der Waals surface area contributed by atoms with Crippen molar-refractivity contribution >= 4 is 33.5 Å². The van der Waals surface area contributed by atoms with E-state index in [4.69, 9.17) is 16.3 Å². The SMILES string of the molecule is C=CCS(=O)(=O)OC(=O)CC1(c2cc(N3CCOCC3)nc(Cl)n2)CC1. The van der Waals surface area contributed by atoms with Crippen molar-refractivity contribution < 1.29 is 22.1 Å². The molecule has 0 amide bonds. The number of aromatic nitrogens is 2. The minimum atomic E-state index is -3.94.